The molecular weight excluding hydrogens is 344 g/mol. The molecule has 0 aliphatic carbocycles. The van der Waals surface area contributed by atoms with Crippen molar-refractivity contribution in [2.45, 2.75) is 12.0 Å². The molecule has 28 heavy (non-hydrogen) atoms. The van der Waals surface area contributed by atoms with Crippen molar-refractivity contribution in [3.63, 3.8) is 0 Å². The van der Waals surface area contributed by atoms with Crippen LogP contribution in [0.4, 0.5) is 0 Å². The maximum absolute atomic E-state index is 11.5. The van der Waals surface area contributed by atoms with Gasteiger partial charge >= 0.3 is 0 Å². The second kappa shape index (κ2) is 8.07. The first-order valence-electron chi connectivity index (χ1n) is 9.35. The minimum absolute atomic E-state index is 0.403. The van der Waals surface area contributed by atoms with Crippen LogP contribution in [0.25, 0.3) is 17.3 Å². The van der Waals surface area contributed by atoms with Crippen molar-refractivity contribution >= 4 is 6.08 Å². The molecule has 0 aliphatic rings. The van der Waals surface area contributed by atoms with Crippen molar-refractivity contribution in [3.8, 4) is 11.3 Å². The van der Waals surface area contributed by atoms with E-state index in [1.54, 1.807) is 0 Å². The van der Waals surface area contributed by atoms with Crippen LogP contribution in [0.5, 0.6) is 0 Å². The number of nitrogens with zero attached hydrogens (tertiary/aromatic N) is 1. The number of benzene rings is 3. The molecular formula is C25H22N2O. The molecule has 1 heterocycles. The van der Waals surface area contributed by atoms with E-state index in [0.29, 0.717) is 6.42 Å². The van der Waals surface area contributed by atoms with Gasteiger partial charge in [-0.25, -0.2) is 0 Å². The predicted octanol–water partition coefficient (Wildman–Crippen LogP) is 5.22. The molecule has 0 bridgehead atoms. The fourth-order valence-electron chi connectivity index (χ4n) is 3.28. The van der Waals surface area contributed by atoms with Gasteiger partial charge in [0.2, 0.25) is 0 Å². The van der Waals surface area contributed by atoms with E-state index in [1.807, 2.05) is 109 Å². The Labute approximate surface area is 165 Å². The molecule has 1 atom stereocenters. The van der Waals surface area contributed by atoms with Crippen LogP contribution in [-0.4, -0.2) is 15.3 Å². The second-order valence-corrected chi connectivity index (χ2v) is 6.86. The number of hydrogen-bond acceptors (Lipinski definition) is 2. The molecule has 4 aromatic rings. The van der Waals surface area contributed by atoms with Gasteiger partial charge in [-0.2, -0.15) is 5.10 Å². The molecule has 0 saturated carbocycles. The SMILES string of the molecule is O[C@@](/C=C\c1ccccc1)(Cc1cc(-c2ccccc2)n[nH]1)c1ccccc1. The predicted molar refractivity (Wildman–Crippen MR) is 114 cm³/mol. The minimum atomic E-state index is -1.14. The standard InChI is InChI=1S/C25H22N2O/c28-25(22-14-8-3-9-15-22,17-16-20-10-4-1-5-11-20)19-23-18-24(27-26-23)21-12-6-2-7-13-21/h1-18,28H,19H2,(H,26,27)/b17-16-/t25-/m0/s1. The maximum Gasteiger partial charge on any atom is 0.114 e. The average Bonchev–Trinajstić information content (AvgIpc) is 3.23. The van der Waals surface area contributed by atoms with Crippen LogP contribution in [0, 0.1) is 0 Å². The van der Waals surface area contributed by atoms with E-state index in [-0.39, 0.29) is 0 Å². The van der Waals surface area contributed by atoms with E-state index >= 15 is 0 Å². The Morgan fingerprint density at radius 3 is 2.11 bits per heavy atom. The van der Waals surface area contributed by atoms with E-state index in [1.165, 1.54) is 0 Å². The van der Waals surface area contributed by atoms with Crippen LogP contribution in [0.3, 0.4) is 0 Å². The van der Waals surface area contributed by atoms with Crippen LogP contribution in [0.15, 0.2) is 103 Å². The van der Waals surface area contributed by atoms with Gasteiger partial charge < -0.3 is 5.11 Å². The molecule has 3 nitrogen and oxygen atoms in total. The molecule has 4 rings (SSSR count). The fourth-order valence-corrected chi connectivity index (χ4v) is 3.28. The van der Waals surface area contributed by atoms with E-state index in [2.05, 4.69) is 10.2 Å². The van der Waals surface area contributed by atoms with E-state index in [9.17, 15) is 5.11 Å². The highest BCUT2D eigenvalue weighted by Gasteiger charge is 2.27. The summed E-state index contributed by atoms with van der Waals surface area (Å²) in [6.45, 7) is 0. The third kappa shape index (κ3) is 4.11. The average molecular weight is 366 g/mol. The maximum atomic E-state index is 11.5. The van der Waals surface area contributed by atoms with Crippen LogP contribution in [0.1, 0.15) is 16.8 Å². The number of aromatic nitrogens is 2. The highest BCUT2D eigenvalue weighted by molar-refractivity contribution is 5.59. The molecule has 0 saturated heterocycles. The largest absolute Gasteiger partial charge is 0.381 e. The number of rotatable bonds is 6. The lowest BCUT2D eigenvalue weighted by Gasteiger charge is -2.24. The zero-order valence-electron chi connectivity index (χ0n) is 15.5. The number of aromatic amines is 1. The third-order valence-electron chi connectivity index (χ3n) is 4.79. The van der Waals surface area contributed by atoms with Crippen molar-refractivity contribution in [3.05, 3.63) is 120 Å². The summed E-state index contributed by atoms with van der Waals surface area (Å²) in [6, 6.07) is 31.8. The number of aliphatic hydroxyl groups is 1. The minimum Gasteiger partial charge on any atom is -0.381 e. The molecule has 0 aliphatic heterocycles. The lowest BCUT2D eigenvalue weighted by Crippen LogP contribution is -2.26. The molecule has 138 valence electrons. The molecule has 3 aromatic carbocycles. The number of hydrogen-bond donors (Lipinski definition) is 2. The smallest absolute Gasteiger partial charge is 0.114 e. The lowest BCUT2D eigenvalue weighted by atomic mass is 9.88. The second-order valence-electron chi connectivity index (χ2n) is 6.86. The normalized spacial score (nSPS) is 13.5. The number of H-pyrrole nitrogens is 1. The van der Waals surface area contributed by atoms with Crippen LogP contribution in [0.2, 0.25) is 0 Å². The summed E-state index contributed by atoms with van der Waals surface area (Å²) in [5, 5.41) is 19.0. The van der Waals surface area contributed by atoms with Gasteiger partial charge in [0.1, 0.15) is 5.60 Å². The van der Waals surface area contributed by atoms with E-state index < -0.39 is 5.60 Å². The Bertz CT molecular complexity index is 1040. The van der Waals surface area contributed by atoms with Crippen LogP contribution >= 0.6 is 0 Å². The third-order valence-corrected chi connectivity index (χ3v) is 4.79. The van der Waals surface area contributed by atoms with Crippen LogP contribution in [-0.2, 0) is 12.0 Å². The van der Waals surface area contributed by atoms with E-state index in [4.69, 9.17) is 0 Å². The first-order chi connectivity index (χ1) is 13.7. The zero-order valence-corrected chi connectivity index (χ0v) is 15.5. The number of nitrogens with one attached hydrogen (secondary N) is 1. The molecule has 2 N–H and O–H groups in total. The van der Waals surface area contributed by atoms with Crippen molar-refractivity contribution in [2.75, 3.05) is 0 Å². The molecule has 0 fully saturated rings. The molecule has 0 spiro atoms. The highest BCUT2D eigenvalue weighted by Crippen LogP contribution is 2.29. The van der Waals surface area contributed by atoms with Gasteiger partial charge in [0.15, 0.2) is 0 Å². The van der Waals surface area contributed by atoms with Crippen molar-refractivity contribution < 1.29 is 5.11 Å². The van der Waals surface area contributed by atoms with Gasteiger partial charge in [-0.15, -0.1) is 0 Å². The Morgan fingerprint density at radius 1 is 0.821 bits per heavy atom. The topological polar surface area (TPSA) is 48.9 Å². The van der Waals surface area contributed by atoms with Gasteiger partial charge in [0, 0.05) is 17.7 Å². The first kappa shape index (κ1) is 18.0. The summed E-state index contributed by atoms with van der Waals surface area (Å²) >= 11 is 0. The molecule has 0 unspecified atom stereocenters. The summed E-state index contributed by atoms with van der Waals surface area (Å²) < 4.78 is 0. The van der Waals surface area contributed by atoms with Gasteiger partial charge in [-0.1, -0.05) is 97.1 Å². The summed E-state index contributed by atoms with van der Waals surface area (Å²) in [5.74, 6) is 0. The quantitative estimate of drug-likeness (QED) is 0.491. The summed E-state index contributed by atoms with van der Waals surface area (Å²) in [7, 11) is 0. The van der Waals surface area contributed by atoms with Crippen LogP contribution < -0.4 is 0 Å². The van der Waals surface area contributed by atoms with Crippen molar-refractivity contribution in [1.29, 1.82) is 0 Å². The zero-order chi connectivity index (χ0) is 19.2. The Hall–Kier alpha value is -3.43. The molecule has 0 radical (unpaired) electrons. The van der Waals surface area contributed by atoms with Gasteiger partial charge in [0.05, 0.1) is 5.69 Å². The summed E-state index contributed by atoms with van der Waals surface area (Å²) in [6.07, 6.45) is 4.22. The Balaban J connectivity index is 1.65. The molecule has 0 amide bonds. The van der Waals surface area contributed by atoms with Gasteiger partial charge in [0.25, 0.3) is 0 Å². The Morgan fingerprint density at radius 2 is 1.43 bits per heavy atom. The lowest BCUT2D eigenvalue weighted by molar-refractivity contribution is 0.0896. The van der Waals surface area contributed by atoms with Crippen molar-refractivity contribution in [2.24, 2.45) is 0 Å². The fraction of sp³-hybridized carbons (Fsp3) is 0.0800. The first-order valence-corrected chi connectivity index (χ1v) is 9.35. The molecule has 1 aromatic heterocycles. The van der Waals surface area contributed by atoms with E-state index in [0.717, 1.165) is 28.1 Å². The highest BCUT2D eigenvalue weighted by atomic mass is 16.3. The Kier molecular flexibility index (Phi) is 5.18. The molecule has 3 heteroatoms. The summed E-state index contributed by atoms with van der Waals surface area (Å²) in [5.41, 5.74) is 3.55. The van der Waals surface area contributed by atoms with Gasteiger partial charge in [-0.3, -0.25) is 5.10 Å². The summed E-state index contributed by atoms with van der Waals surface area (Å²) in [4.78, 5) is 0. The monoisotopic (exact) mass is 366 g/mol. The van der Waals surface area contributed by atoms with Gasteiger partial charge in [-0.05, 0) is 23.3 Å². The van der Waals surface area contributed by atoms with Crippen molar-refractivity contribution in [1.82, 2.24) is 10.2 Å².